The Morgan fingerprint density at radius 3 is 2.82 bits per heavy atom. The van der Waals surface area contributed by atoms with Gasteiger partial charge in [0.2, 0.25) is 0 Å². The van der Waals surface area contributed by atoms with Crippen LogP contribution < -0.4 is 0 Å². The summed E-state index contributed by atoms with van der Waals surface area (Å²) in [5, 5.41) is 9.77. The van der Waals surface area contributed by atoms with Gasteiger partial charge < -0.3 is 4.98 Å². The number of nitrogens with zero attached hydrogens (tertiary/aromatic N) is 1. The first-order chi connectivity index (χ1) is 8.00. The van der Waals surface area contributed by atoms with E-state index < -0.39 is 9.84 Å². The molecule has 0 aliphatic carbocycles. The average molecular weight is 246 g/mol. The van der Waals surface area contributed by atoms with E-state index in [1.807, 2.05) is 18.2 Å². The fraction of sp³-hybridized carbons (Fsp3) is 0.0833. The van der Waals surface area contributed by atoms with E-state index in [9.17, 15) is 8.42 Å². The molecule has 0 radical (unpaired) electrons. The number of H-pyrrole nitrogens is 1. The molecule has 0 amide bonds. The van der Waals surface area contributed by atoms with Gasteiger partial charge in [-0.25, -0.2) is 8.42 Å². The molecule has 0 saturated carbocycles. The second-order valence-electron chi connectivity index (χ2n) is 3.72. The minimum Gasteiger partial charge on any atom is -0.361 e. The van der Waals surface area contributed by atoms with E-state index in [4.69, 9.17) is 5.26 Å². The lowest BCUT2D eigenvalue weighted by molar-refractivity contribution is 0.609. The maximum atomic E-state index is 11.3. The largest absolute Gasteiger partial charge is 0.361 e. The van der Waals surface area contributed by atoms with Crippen LogP contribution in [0.5, 0.6) is 0 Å². The third-order valence-corrected chi connectivity index (χ3v) is 3.39. The second kappa shape index (κ2) is 4.07. The van der Waals surface area contributed by atoms with E-state index in [-0.39, 0.29) is 4.91 Å². The van der Waals surface area contributed by atoms with Gasteiger partial charge in [0, 0.05) is 18.0 Å². The van der Waals surface area contributed by atoms with Gasteiger partial charge in [0.1, 0.15) is 11.0 Å². The predicted molar refractivity (Wildman–Crippen MR) is 66.7 cm³/mol. The summed E-state index contributed by atoms with van der Waals surface area (Å²) in [6.07, 6.45) is 4.21. The van der Waals surface area contributed by atoms with Crippen molar-refractivity contribution >= 4 is 26.8 Å². The van der Waals surface area contributed by atoms with Crippen molar-refractivity contribution in [2.24, 2.45) is 0 Å². The van der Waals surface area contributed by atoms with E-state index in [0.29, 0.717) is 5.56 Å². The molecule has 0 atom stereocenters. The second-order valence-corrected chi connectivity index (χ2v) is 5.70. The maximum absolute atomic E-state index is 11.3. The normalized spacial score (nSPS) is 12.6. The number of allylic oxidation sites excluding steroid dienone is 1. The van der Waals surface area contributed by atoms with Crippen LogP contribution >= 0.6 is 0 Å². The molecule has 2 rings (SSSR count). The molecule has 0 fully saturated rings. The molecule has 0 saturated heterocycles. The minimum absolute atomic E-state index is 0.229. The Morgan fingerprint density at radius 1 is 1.41 bits per heavy atom. The van der Waals surface area contributed by atoms with Crippen LogP contribution in [0.1, 0.15) is 5.56 Å². The summed E-state index contributed by atoms with van der Waals surface area (Å²) in [6.45, 7) is 0. The summed E-state index contributed by atoms with van der Waals surface area (Å²) in [5.74, 6) is 0. The number of hydrogen-bond donors (Lipinski definition) is 1. The number of rotatable bonds is 2. The fourth-order valence-electron chi connectivity index (χ4n) is 1.54. The van der Waals surface area contributed by atoms with Gasteiger partial charge in [-0.2, -0.15) is 5.26 Å². The lowest BCUT2D eigenvalue weighted by Crippen LogP contribution is -1.98. The van der Waals surface area contributed by atoms with Crippen molar-refractivity contribution < 1.29 is 8.42 Å². The molecule has 4 nitrogen and oxygen atoms in total. The lowest BCUT2D eigenvalue weighted by Gasteiger charge is -1.97. The summed E-state index contributed by atoms with van der Waals surface area (Å²) in [7, 11) is -3.46. The highest BCUT2D eigenvalue weighted by atomic mass is 32.2. The monoisotopic (exact) mass is 246 g/mol. The zero-order chi connectivity index (χ0) is 12.5. The maximum Gasteiger partial charge on any atom is 0.185 e. The standard InChI is InChI=1S/C12H10N2O2S/c1-17(15,16)11(8-13)7-9-2-3-12-10(6-9)4-5-14-12/h2-7,14H,1H3/b11-7-. The highest BCUT2D eigenvalue weighted by Crippen LogP contribution is 2.17. The van der Waals surface area contributed by atoms with Crippen LogP contribution in [0.4, 0.5) is 0 Å². The first-order valence-corrected chi connectivity index (χ1v) is 6.79. The molecule has 86 valence electrons. The summed E-state index contributed by atoms with van der Waals surface area (Å²) >= 11 is 0. The van der Waals surface area contributed by atoms with Crippen molar-refractivity contribution in [1.82, 2.24) is 4.98 Å². The first-order valence-electron chi connectivity index (χ1n) is 4.90. The van der Waals surface area contributed by atoms with E-state index in [1.165, 1.54) is 6.08 Å². The Bertz CT molecular complexity index is 733. The number of sulfone groups is 1. The van der Waals surface area contributed by atoms with Crippen molar-refractivity contribution in [3.8, 4) is 6.07 Å². The molecule has 1 aromatic carbocycles. The van der Waals surface area contributed by atoms with Crippen LogP contribution in [0.2, 0.25) is 0 Å². The molecule has 0 spiro atoms. The number of fused-ring (bicyclic) bond motifs is 1. The van der Waals surface area contributed by atoms with Crippen LogP contribution in [0, 0.1) is 11.3 Å². The van der Waals surface area contributed by atoms with Gasteiger partial charge in [-0.15, -0.1) is 0 Å². The van der Waals surface area contributed by atoms with Crippen molar-refractivity contribution in [2.75, 3.05) is 6.26 Å². The Balaban J connectivity index is 2.54. The van der Waals surface area contributed by atoms with E-state index >= 15 is 0 Å². The number of benzene rings is 1. The molecular weight excluding hydrogens is 236 g/mol. The van der Waals surface area contributed by atoms with Gasteiger partial charge in [-0.3, -0.25) is 0 Å². The van der Waals surface area contributed by atoms with Crippen LogP contribution in [0.15, 0.2) is 35.4 Å². The van der Waals surface area contributed by atoms with Crippen molar-refractivity contribution in [1.29, 1.82) is 5.26 Å². The predicted octanol–water partition coefficient (Wildman–Crippen LogP) is 2.08. The molecule has 0 unspecified atom stereocenters. The summed E-state index contributed by atoms with van der Waals surface area (Å²) in [5.41, 5.74) is 1.67. The highest BCUT2D eigenvalue weighted by Gasteiger charge is 2.10. The number of nitriles is 1. The summed E-state index contributed by atoms with van der Waals surface area (Å²) in [6, 6.07) is 9.02. The number of hydrogen-bond acceptors (Lipinski definition) is 3. The lowest BCUT2D eigenvalue weighted by atomic mass is 10.1. The minimum atomic E-state index is -3.46. The number of nitrogens with one attached hydrogen (secondary N) is 1. The van der Waals surface area contributed by atoms with Crippen molar-refractivity contribution in [3.63, 3.8) is 0 Å². The van der Waals surface area contributed by atoms with Gasteiger partial charge in [0.05, 0.1) is 0 Å². The van der Waals surface area contributed by atoms with E-state index in [2.05, 4.69) is 4.98 Å². The van der Waals surface area contributed by atoms with Crippen molar-refractivity contribution in [3.05, 3.63) is 40.9 Å². The highest BCUT2D eigenvalue weighted by molar-refractivity contribution is 7.95. The summed E-state index contributed by atoms with van der Waals surface area (Å²) in [4.78, 5) is 2.81. The molecule has 1 heterocycles. The molecule has 1 aromatic heterocycles. The number of aromatic amines is 1. The molecule has 1 N–H and O–H groups in total. The quantitative estimate of drug-likeness (QED) is 0.824. The molecule has 0 aliphatic rings. The smallest absolute Gasteiger partial charge is 0.185 e. The van der Waals surface area contributed by atoms with E-state index in [1.54, 1.807) is 18.3 Å². The molecule has 17 heavy (non-hydrogen) atoms. The van der Waals surface area contributed by atoms with Crippen molar-refractivity contribution in [2.45, 2.75) is 0 Å². The van der Waals surface area contributed by atoms with Gasteiger partial charge in [-0.1, -0.05) is 6.07 Å². The fourth-order valence-corrected chi connectivity index (χ4v) is 2.05. The average Bonchev–Trinajstić information content (AvgIpc) is 2.71. The zero-order valence-corrected chi connectivity index (χ0v) is 9.95. The van der Waals surface area contributed by atoms with Crippen LogP contribution in [0.25, 0.3) is 17.0 Å². The Kier molecular flexibility index (Phi) is 2.74. The van der Waals surface area contributed by atoms with Gasteiger partial charge in [0.15, 0.2) is 9.84 Å². The topological polar surface area (TPSA) is 73.7 Å². The van der Waals surface area contributed by atoms with Gasteiger partial charge >= 0.3 is 0 Å². The molecule has 0 aliphatic heterocycles. The number of aromatic nitrogens is 1. The molecular formula is C12H10N2O2S. The third kappa shape index (κ3) is 2.37. The zero-order valence-electron chi connectivity index (χ0n) is 9.14. The molecule has 2 aromatic rings. The Hall–Kier alpha value is -2.06. The van der Waals surface area contributed by atoms with Gasteiger partial charge in [0.25, 0.3) is 0 Å². The SMILES string of the molecule is CS(=O)(=O)/C(C#N)=C\c1ccc2[nH]ccc2c1. The van der Waals surface area contributed by atoms with Crippen LogP contribution in [0.3, 0.4) is 0 Å². The van der Waals surface area contributed by atoms with Gasteiger partial charge in [-0.05, 0) is 35.2 Å². The Labute approximate surface area is 99.1 Å². The molecule has 5 heteroatoms. The Morgan fingerprint density at radius 2 is 2.18 bits per heavy atom. The molecule has 0 bridgehead atoms. The third-order valence-electron chi connectivity index (χ3n) is 2.38. The summed E-state index contributed by atoms with van der Waals surface area (Å²) < 4.78 is 22.6. The van der Waals surface area contributed by atoms with Crippen LogP contribution in [-0.4, -0.2) is 19.7 Å². The first kappa shape index (κ1) is 11.4. The van der Waals surface area contributed by atoms with E-state index in [0.717, 1.165) is 17.2 Å². The van der Waals surface area contributed by atoms with Crippen LogP contribution in [-0.2, 0) is 9.84 Å².